The van der Waals surface area contributed by atoms with Crippen molar-refractivity contribution in [3.8, 4) is 12.3 Å². The van der Waals surface area contributed by atoms with E-state index in [1.807, 2.05) is 0 Å². The van der Waals surface area contributed by atoms with Gasteiger partial charge in [-0.15, -0.1) is 6.42 Å². The molecule has 0 aromatic carbocycles. The lowest BCUT2D eigenvalue weighted by Crippen LogP contribution is -2.11. The Kier molecular flexibility index (Phi) is 2.88. The van der Waals surface area contributed by atoms with Crippen LogP contribution in [-0.2, 0) is 0 Å². The van der Waals surface area contributed by atoms with Crippen LogP contribution < -0.4 is 5.69 Å². The molecule has 0 fully saturated rings. The van der Waals surface area contributed by atoms with Crippen LogP contribution >= 0.6 is 11.8 Å². The van der Waals surface area contributed by atoms with Crippen LogP contribution in [0, 0.1) is 18.2 Å². The second kappa shape index (κ2) is 3.93. The Morgan fingerprint density at radius 3 is 3.25 bits per heavy atom. The van der Waals surface area contributed by atoms with Crippen molar-refractivity contribution >= 4 is 11.8 Å². The highest BCUT2D eigenvalue weighted by Crippen LogP contribution is 2.15. The summed E-state index contributed by atoms with van der Waals surface area (Å²) in [5.74, 6) is 2.07. The summed E-state index contributed by atoms with van der Waals surface area (Å²) < 4.78 is 12.8. The van der Waals surface area contributed by atoms with E-state index in [4.69, 9.17) is 6.42 Å². The summed E-state index contributed by atoms with van der Waals surface area (Å²) in [5, 5.41) is 0.132. The number of aromatic nitrogens is 2. The molecule has 1 rings (SSSR count). The quantitative estimate of drug-likeness (QED) is 0.416. The van der Waals surface area contributed by atoms with Crippen molar-refractivity contribution in [2.45, 2.75) is 5.03 Å². The SMILES string of the molecule is C#CCSc1[nH]c(=O)ncc1F. The van der Waals surface area contributed by atoms with Gasteiger partial charge in [-0.3, -0.25) is 4.98 Å². The van der Waals surface area contributed by atoms with Gasteiger partial charge in [0.1, 0.15) is 5.03 Å². The first-order valence-electron chi connectivity index (χ1n) is 3.05. The zero-order valence-electron chi connectivity index (χ0n) is 6.00. The minimum absolute atomic E-state index is 0.132. The van der Waals surface area contributed by atoms with Crippen LogP contribution in [0.4, 0.5) is 4.39 Å². The van der Waals surface area contributed by atoms with Crippen LogP contribution in [0.5, 0.6) is 0 Å². The summed E-state index contributed by atoms with van der Waals surface area (Å²) in [6.07, 6.45) is 5.84. The topological polar surface area (TPSA) is 45.8 Å². The van der Waals surface area contributed by atoms with Gasteiger partial charge in [-0.05, 0) is 0 Å². The molecule has 1 heterocycles. The number of H-pyrrole nitrogens is 1. The van der Waals surface area contributed by atoms with Gasteiger partial charge >= 0.3 is 5.69 Å². The molecule has 3 nitrogen and oxygen atoms in total. The molecule has 0 bridgehead atoms. The number of nitrogens with zero attached hydrogens (tertiary/aromatic N) is 1. The maximum absolute atomic E-state index is 12.8. The third-order valence-electron chi connectivity index (χ3n) is 1.03. The number of hydrogen-bond acceptors (Lipinski definition) is 3. The summed E-state index contributed by atoms with van der Waals surface area (Å²) >= 11 is 1.05. The fourth-order valence-corrected chi connectivity index (χ4v) is 1.16. The molecule has 0 aliphatic carbocycles. The molecule has 0 saturated heterocycles. The standard InChI is InChI=1S/C7H5FN2OS/c1-2-3-12-6-5(8)4-9-7(11)10-6/h1,4H,3H2,(H,9,10,11). The molecule has 0 aliphatic rings. The van der Waals surface area contributed by atoms with Crippen molar-refractivity contribution in [3.05, 3.63) is 22.5 Å². The Morgan fingerprint density at radius 2 is 2.58 bits per heavy atom. The highest BCUT2D eigenvalue weighted by atomic mass is 32.2. The predicted molar refractivity (Wildman–Crippen MR) is 44.4 cm³/mol. The number of halogens is 1. The third-order valence-corrected chi connectivity index (χ3v) is 1.93. The molecule has 12 heavy (non-hydrogen) atoms. The van der Waals surface area contributed by atoms with Crippen LogP contribution in [0.15, 0.2) is 16.0 Å². The number of hydrogen-bond donors (Lipinski definition) is 1. The van der Waals surface area contributed by atoms with Gasteiger partial charge in [0.25, 0.3) is 0 Å². The van der Waals surface area contributed by atoms with Gasteiger partial charge in [-0.2, -0.15) is 4.98 Å². The normalized spacial score (nSPS) is 9.33. The molecule has 0 radical (unpaired) electrons. The Hall–Kier alpha value is -1.28. The first-order valence-corrected chi connectivity index (χ1v) is 4.03. The smallest absolute Gasteiger partial charge is 0.298 e. The van der Waals surface area contributed by atoms with Gasteiger partial charge in [0.2, 0.25) is 0 Å². The van der Waals surface area contributed by atoms with Crippen molar-refractivity contribution < 1.29 is 4.39 Å². The van der Waals surface area contributed by atoms with Crippen molar-refractivity contribution in [2.24, 2.45) is 0 Å². The average molecular weight is 184 g/mol. The number of nitrogens with one attached hydrogen (secondary N) is 1. The van der Waals surface area contributed by atoms with Gasteiger partial charge in [-0.25, -0.2) is 9.18 Å². The Labute approximate surface area is 72.4 Å². The second-order valence-electron chi connectivity index (χ2n) is 1.86. The van der Waals surface area contributed by atoms with E-state index >= 15 is 0 Å². The minimum Gasteiger partial charge on any atom is -0.298 e. The monoisotopic (exact) mass is 184 g/mol. The molecule has 0 unspecified atom stereocenters. The lowest BCUT2D eigenvalue weighted by atomic mass is 10.6. The predicted octanol–water partition coefficient (Wildman–Crippen LogP) is 0.634. The Balaban J connectivity index is 2.91. The van der Waals surface area contributed by atoms with E-state index < -0.39 is 11.5 Å². The van der Waals surface area contributed by atoms with Crippen LogP contribution in [0.3, 0.4) is 0 Å². The van der Waals surface area contributed by atoms with Crippen molar-refractivity contribution in [1.82, 2.24) is 9.97 Å². The number of rotatable bonds is 2. The lowest BCUT2D eigenvalue weighted by molar-refractivity contribution is 0.575. The molecule has 1 N–H and O–H groups in total. The number of thioether (sulfide) groups is 1. The Bertz CT molecular complexity index is 368. The first-order chi connectivity index (χ1) is 5.74. The molecule has 0 saturated carbocycles. The van der Waals surface area contributed by atoms with Crippen LogP contribution in [0.2, 0.25) is 0 Å². The highest BCUT2D eigenvalue weighted by Gasteiger charge is 2.02. The summed E-state index contributed by atoms with van der Waals surface area (Å²) in [5.41, 5.74) is -0.573. The second-order valence-corrected chi connectivity index (χ2v) is 2.84. The molecular weight excluding hydrogens is 179 g/mol. The van der Waals surface area contributed by atoms with Gasteiger partial charge in [0.15, 0.2) is 5.82 Å². The number of terminal acetylenes is 1. The minimum atomic E-state index is -0.573. The molecule has 5 heteroatoms. The van der Waals surface area contributed by atoms with E-state index in [9.17, 15) is 9.18 Å². The van der Waals surface area contributed by atoms with Crippen LogP contribution in [-0.4, -0.2) is 15.7 Å². The van der Waals surface area contributed by atoms with Gasteiger partial charge in [0.05, 0.1) is 11.9 Å². The molecule has 0 aliphatic heterocycles. The fourth-order valence-electron chi connectivity index (χ4n) is 0.582. The molecule has 62 valence electrons. The van der Waals surface area contributed by atoms with E-state index in [0.717, 1.165) is 18.0 Å². The summed E-state index contributed by atoms with van der Waals surface area (Å²) in [6.45, 7) is 0. The van der Waals surface area contributed by atoms with Crippen LogP contribution in [0.1, 0.15) is 0 Å². The average Bonchev–Trinajstić information content (AvgIpc) is 2.07. The van der Waals surface area contributed by atoms with E-state index in [0.29, 0.717) is 5.75 Å². The molecular formula is C7H5FN2OS. The molecule has 0 atom stereocenters. The van der Waals surface area contributed by atoms with Crippen molar-refractivity contribution in [1.29, 1.82) is 0 Å². The fraction of sp³-hybridized carbons (Fsp3) is 0.143. The zero-order chi connectivity index (χ0) is 8.97. The first kappa shape index (κ1) is 8.81. The van der Waals surface area contributed by atoms with E-state index in [2.05, 4.69) is 15.9 Å². The Morgan fingerprint density at radius 1 is 1.83 bits per heavy atom. The summed E-state index contributed by atoms with van der Waals surface area (Å²) in [7, 11) is 0. The third kappa shape index (κ3) is 2.10. The summed E-state index contributed by atoms with van der Waals surface area (Å²) in [6, 6.07) is 0. The summed E-state index contributed by atoms with van der Waals surface area (Å²) in [4.78, 5) is 16.0. The molecule has 0 spiro atoms. The molecule has 1 aromatic rings. The lowest BCUT2D eigenvalue weighted by Gasteiger charge is -1.96. The van der Waals surface area contributed by atoms with Crippen molar-refractivity contribution in [2.75, 3.05) is 5.75 Å². The van der Waals surface area contributed by atoms with Gasteiger partial charge < -0.3 is 0 Å². The highest BCUT2D eigenvalue weighted by molar-refractivity contribution is 7.99. The largest absolute Gasteiger partial charge is 0.345 e. The van der Waals surface area contributed by atoms with Gasteiger partial charge in [-0.1, -0.05) is 17.7 Å². The maximum atomic E-state index is 12.8. The molecule has 0 amide bonds. The van der Waals surface area contributed by atoms with E-state index in [1.54, 1.807) is 0 Å². The van der Waals surface area contributed by atoms with Crippen molar-refractivity contribution in [3.63, 3.8) is 0 Å². The maximum Gasteiger partial charge on any atom is 0.345 e. The van der Waals surface area contributed by atoms with Gasteiger partial charge in [0, 0.05) is 0 Å². The number of aromatic amines is 1. The van der Waals surface area contributed by atoms with Crippen LogP contribution in [0.25, 0.3) is 0 Å². The van der Waals surface area contributed by atoms with E-state index in [1.165, 1.54) is 0 Å². The molecule has 1 aromatic heterocycles. The zero-order valence-corrected chi connectivity index (χ0v) is 6.82. The van der Waals surface area contributed by atoms with E-state index in [-0.39, 0.29) is 5.03 Å².